The summed E-state index contributed by atoms with van der Waals surface area (Å²) in [4.78, 5) is 12.8. The van der Waals surface area contributed by atoms with E-state index in [-0.39, 0.29) is 10.5 Å². The van der Waals surface area contributed by atoms with E-state index in [0.29, 0.717) is 18.0 Å². The van der Waals surface area contributed by atoms with Crippen LogP contribution in [0, 0.1) is 6.92 Å². The van der Waals surface area contributed by atoms with Crippen LogP contribution in [0.2, 0.25) is 0 Å². The molecule has 0 aliphatic rings. The van der Waals surface area contributed by atoms with Crippen molar-refractivity contribution in [3.8, 4) is 5.75 Å². The van der Waals surface area contributed by atoms with Crippen LogP contribution in [0.4, 0.5) is 5.69 Å². The molecule has 0 bridgehead atoms. The van der Waals surface area contributed by atoms with Crippen molar-refractivity contribution in [3.63, 3.8) is 0 Å². The quantitative estimate of drug-likeness (QED) is 0.535. The number of sulfonamides is 1. The Bertz CT molecular complexity index is 1160. The Morgan fingerprint density at radius 2 is 1.74 bits per heavy atom. The van der Waals surface area contributed by atoms with E-state index in [1.807, 2.05) is 56.3 Å². The van der Waals surface area contributed by atoms with Crippen molar-refractivity contribution in [3.05, 3.63) is 89.5 Å². The van der Waals surface area contributed by atoms with Gasteiger partial charge in [0.1, 0.15) is 5.75 Å². The molecule has 0 fully saturated rings. The number of carbonyl (C=O) groups excluding carboxylic acids is 1. The lowest BCUT2D eigenvalue weighted by Gasteiger charge is -2.15. The summed E-state index contributed by atoms with van der Waals surface area (Å²) < 4.78 is 34.0. The minimum Gasteiger partial charge on any atom is -0.492 e. The van der Waals surface area contributed by atoms with E-state index >= 15 is 0 Å². The zero-order chi connectivity index (χ0) is 22.4. The number of amides is 1. The van der Waals surface area contributed by atoms with Crippen LogP contribution >= 0.6 is 0 Å². The molecule has 1 unspecified atom stereocenters. The van der Waals surface area contributed by atoms with Gasteiger partial charge in [0.15, 0.2) is 0 Å². The summed E-state index contributed by atoms with van der Waals surface area (Å²) in [5.41, 5.74) is 2.62. The van der Waals surface area contributed by atoms with E-state index in [1.165, 1.54) is 12.1 Å². The average Bonchev–Trinajstić information content (AvgIpc) is 2.76. The molecule has 0 aromatic heterocycles. The van der Waals surface area contributed by atoms with E-state index in [0.717, 1.165) is 11.1 Å². The highest BCUT2D eigenvalue weighted by molar-refractivity contribution is 7.89. The second-order valence-electron chi connectivity index (χ2n) is 7.17. The summed E-state index contributed by atoms with van der Waals surface area (Å²) in [7, 11) is -3.81. The minimum absolute atomic E-state index is 0.0249. The van der Waals surface area contributed by atoms with Crippen molar-refractivity contribution in [2.45, 2.75) is 31.7 Å². The van der Waals surface area contributed by atoms with E-state index in [9.17, 15) is 13.2 Å². The van der Waals surface area contributed by atoms with E-state index in [4.69, 9.17) is 4.74 Å². The molecule has 0 aliphatic carbocycles. The Labute approximate surface area is 183 Å². The van der Waals surface area contributed by atoms with Gasteiger partial charge in [0.05, 0.1) is 17.2 Å². The molecule has 7 heteroatoms. The number of hydrogen-bond donors (Lipinski definition) is 2. The summed E-state index contributed by atoms with van der Waals surface area (Å²) in [6.45, 7) is 6.04. The Balaban J connectivity index is 1.80. The maximum Gasteiger partial charge on any atom is 0.255 e. The van der Waals surface area contributed by atoms with Gasteiger partial charge in [0, 0.05) is 11.6 Å². The highest BCUT2D eigenvalue weighted by Gasteiger charge is 2.20. The summed E-state index contributed by atoms with van der Waals surface area (Å²) in [6, 6.07) is 20.3. The maximum atomic E-state index is 12.9. The lowest BCUT2D eigenvalue weighted by atomic mass is 10.1. The van der Waals surface area contributed by atoms with Crippen LogP contribution in [0.3, 0.4) is 0 Å². The molecule has 2 N–H and O–H groups in total. The fourth-order valence-electron chi connectivity index (χ4n) is 3.12. The second-order valence-corrected chi connectivity index (χ2v) is 8.88. The number of ether oxygens (including phenoxy) is 1. The standard InChI is InChI=1S/C24H26N2O4S/c1-4-30-23-15-17(2)13-14-22(23)25-24(27)20-11-8-12-21(16-20)31(28,29)26-18(3)19-9-6-5-7-10-19/h5-16,18,26H,4H2,1-3H3,(H,25,27). The summed E-state index contributed by atoms with van der Waals surface area (Å²) in [6.07, 6.45) is 0. The molecule has 1 amide bonds. The number of benzene rings is 3. The highest BCUT2D eigenvalue weighted by atomic mass is 32.2. The lowest BCUT2D eigenvalue weighted by Crippen LogP contribution is -2.27. The topological polar surface area (TPSA) is 84.5 Å². The normalized spacial score (nSPS) is 12.2. The molecule has 0 radical (unpaired) electrons. The first-order chi connectivity index (χ1) is 14.8. The van der Waals surface area contributed by atoms with Crippen LogP contribution in [-0.4, -0.2) is 20.9 Å². The Morgan fingerprint density at radius 1 is 1.00 bits per heavy atom. The molecule has 162 valence electrons. The Kier molecular flexibility index (Phi) is 7.09. The molecule has 0 aliphatic heterocycles. The first kappa shape index (κ1) is 22.5. The molecule has 0 saturated heterocycles. The summed E-state index contributed by atoms with van der Waals surface area (Å²) >= 11 is 0. The van der Waals surface area contributed by atoms with Crippen LogP contribution in [0.15, 0.2) is 77.7 Å². The van der Waals surface area contributed by atoms with E-state index in [2.05, 4.69) is 10.0 Å². The van der Waals surface area contributed by atoms with Gasteiger partial charge in [-0.2, -0.15) is 0 Å². The first-order valence-corrected chi connectivity index (χ1v) is 11.5. The molecule has 0 saturated carbocycles. The van der Waals surface area contributed by atoms with Gasteiger partial charge in [-0.1, -0.05) is 42.5 Å². The van der Waals surface area contributed by atoms with E-state index in [1.54, 1.807) is 25.1 Å². The molecule has 6 nitrogen and oxygen atoms in total. The predicted octanol–water partition coefficient (Wildman–Crippen LogP) is 4.69. The van der Waals surface area contributed by atoms with E-state index < -0.39 is 22.0 Å². The van der Waals surface area contributed by atoms with Gasteiger partial charge >= 0.3 is 0 Å². The largest absolute Gasteiger partial charge is 0.492 e. The summed E-state index contributed by atoms with van der Waals surface area (Å²) in [5, 5.41) is 2.80. The zero-order valence-electron chi connectivity index (χ0n) is 17.8. The SMILES string of the molecule is CCOc1cc(C)ccc1NC(=O)c1cccc(S(=O)(=O)NC(C)c2ccccc2)c1. The number of rotatable bonds is 8. The zero-order valence-corrected chi connectivity index (χ0v) is 18.6. The smallest absolute Gasteiger partial charge is 0.255 e. The second kappa shape index (κ2) is 9.76. The number of aryl methyl sites for hydroxylation is 1. The van der Waals surface area contributed by atoms with Gasteiger partial charge in [0.2, 0.25) is 10.0 Å². The van der Waals surface area contributed by atoms with Crippen LogP contribution < -0.4 is 14.8 Å². The van der Waals surface area contributed by atoms with Gasteiger partial charge in [-0.3, -0.25) is 4.79 Å². The molecule has 3 aromatic rings. The van der Waals surface area contributed by atoms with Crippen molar-refractivity contribution in [2.75, 3.05) is 11.9 Å². The average molecular weight is 439 g/mol. The van der Waals surface area contributed by atoms with Gasteiger partial charge in [0.25, 0.3) is 5.91 Å². The lowest BCUT2D eigenvalue weighted by molar-refractivity contribution is 0.102. The third-order valence-electron chi connectivity index (χ3n) is 4.72. The van der Waals surface area contributed by atoms with Crippen LogP contribution in [-0.2, 0) is 10.0 Å². The van der Waals surface area contributed by atoms with Gasteiger partial charge in [-0.05, 0) is 62.2 Å². The fraction of sp³-hybridized carbons (Fsp3) is 0.208. The number of hydrogen-bond acceptors (Lipinski definition) is 4. The minimum atomic E-state index is -3.81. The number of carbonyl (C=O) groups is 1. The third kappa shape index (κ3) is 5.71. The van der Waals surface area contributed by atoms with Crippen molar-refractivity contribution < 1.29 is 17.9 Å². The first-order valence-electron chi connectivity index (χ1n) is 10.0. The molecule has 3 rings (SSSR count). The predicted molar refractivity (Wildman–Crippen MR) is 122 cm³/mol. The number of anilines is 1. The number of nitrogens with one attached hydrogen (secondary N) is 2. The van der Waals surface area contributed by atoms with Crippen molar-refractivity contribution in [2.24, 2.45) is 0 Å². The van der Waals surface area contributed by atoms with Gasteiger partial charge in [-0.15, -0.1) is 0 Å². The monoisotopic (exact) mass is 438 g/mol. The molecule has 3 aromatic carbocycles. The third-order valence-corrected chi connectivity index (χ3v) is 6.26. The van der Waals surface area contributed by atoms with Crippen molar-refractivity contribution in [1.29, 1.82) is 0 Å². The Morgan fingerprint density at radius 3 is 2.45 bits per heavy atom. The summed E-state index contributed by atoms with van der Waals surface area (Å²) in [5.74, 6) is 0.149. The van der Waals surface area contributed by atoms with Crippen LogP contribution in [0.1, 0.15) is 41.4 Å². The molecule has 0 heterocycles. The van der Waals surface area contributed by atoms with Gasteiger partial charge in [-0.25, -0.2) is 13.1 Å². The molecular formula is C24H26N2O4S. The molecule has 0 spiro atoms. The maximum absolute atomic E-state index is 12.9. The van der Waals surface area contributed by atoms with Crippen LogP contribution in [0.25, 0.3) is 0 Å². The Hall–Kier alpha value is -3.16. The van der Waals surface area contributed by atoms with Crippen molar-refractivity contribution in [1.82, 2.24) is 4.72 Å². The molecule has 1 atom stereocenters. The molecular weight excluding hydrogens is 412 g/mol. The highest BCUT2D eigenvalue weighted by Crippen LogP contribution is 2.26. The van der Waals surface area contributed by atoms with Crippen LogP contribution in [0.5, 0.6) is 5.75 Å². The van der Waals surface area contributed by atoms with Crippen molar-refractivity contribution >= 4 is 21.6 Å². The fourth-order valence-corrected chi connectivity index (χ4v) is 4.39. The van der Waals surface area contributed by atoms with Gasteiger partial charge < -0.3 is 10.1 Å². The molecule has 31 heavy (non-hydrogen) atoms.